The van der Waals surface area contributed by atoms with E-state index in [4.69, 9.17) is 10.5 Å². The first kappa shape index (κ1) is 17.3. The molecule has 0 radical (unpaired) electrons. The second kappa shape index (κ2) is 7.97. The van der Waals surface area contributed by atoms with Crippen LogP contribution in [0.5, 0.6) is 0 Å². The zero-order valence-corrected chi connectivity index (χ0v) is 13.8. The van der Waals surface area contributed by atoms with E-state index in [-0.39, 0.29) is 24.6 Å². The molecule has 2 atom stereocenters. The summed E-state index contributed by atoms with van der Waals surface area (Å²) in [5.74, 6) is -0.0569. The Balaban J connectivity index is 1.84. The summed E-state index contributed by atoms with van der Waals surface area (Å²) in [6.45, 7) is 3.11. The van der Waals surface area contributed by atoms with Crippen molar-refractivity contribution in [3.8, 4) is 0 Å². The van der Waals surface area contributed by atoms with Gasteiger partial charge in [0.15, 0.2) is 0 Å². The van der Waals surface area contributed by atoms with Gasteiger partial charge in [0.1, 0.15) is 6.61 Å². The maximum Gasteiger partial charge on any atom is 0.409 e. The molecule has 2 amide bonds. The monoisotopic (exact) mass is 319 g/mol. The largest absolute Gasteiger partial charge is 0.445 e. The van der Waals surface area contributed by atoms with Gasteiger partial charge in [-0.15, -0.1) is 0 Å². The average molecular weight is 319 g/mol. The van der Waals surface area contributed by atoms with Crippen molar-refractivity contribution in [2.45, 2.75) is 38.5 Å². The zero-order valence-electron chi connectivity index (χ0n) is 13.8. The average Bonchev–Trinajstić information content (AvgIpc) is 3.00. The number of hydrogen-bond acceptors (Lipinski definition) is 4. The zero-order chi connectivity index (χ0) is 16.8. The van der Waals surface area contributed by atoms with Crippen LogP contribution >= 0.6 is 0 Å². The number of amides is 2. The summed E-state index contributed by atoms with van der Waals surface area (Å²) in [6, 6.07) is 9.06. The van der Waals surface area contributed by atoms with Crippen molar-refractivity contribution in [1.29, 1.82) is 0 Å². The first-order valence-corrected chi connectivity index (χ1v) is 7.97. The quantitative estimate of drug-likeness (QED) is 0.894. The van der Waals surface area contributed by atoms with Gasteiger partial charge >= 0.3 is 6.09 Å². The lowest BCUT2D eigenvalue weighted by Crippen LogP contribution is -2.48. The van der Waals surface area contributed by atoms with Crippen molar-refractivity contribution in [3.63, 3.8) is 0 Å². The Hall–Kier alpha value is -2.08. The maximum atomic E-state index is 12.1. The van der Waals surface area contributed by atoms with Gasteiger partial charge < -0.3 is 20.3 Å². The van der Waals surface area contributed by atoms with Crippen LogP contribution in [0.2, 0.25) is 0 Å². The van der Waals surface area contributed by atoms with Gasteiger partial charge in [-0.2, -0.15) is 0 Å². The van der Waals surface area contributed by atoms with Crippen LogP contribution < -0.4 is 5.73 Å². The minimum absolute atomic E-state index is 0.0165. The predicted molar refractivity (Wildman–Crippen MR) is 87.6 cm³/mol. The second-order valence-corrected chi connectivity index (χ2v) is 6.04. The molecule has 2 rings (SSSR count). The summed E-state index contributed by atoms with van der Waals surface area (Å²) in [7, 11) is 1.69. The summed E-state index contributed by atoms with van der Waals surface area (Å²) in [4.78, 5) is 27.5. The molecule has 0 unspecified atom stereocenters. The molecule has 126 valence electrons. The van der Waals surface area contributed by atoms with Crippen LogP contribution in [0.15, 0.2) is 30.3 Å². The number of carbonyl (C=O) groups excluding carboxylic acids is 2. The lowest BCUT2D eigenvalue weighted by Gasteiger charge is -2.29. The van der Waals surface area contributed by atoms with Crippen molar-refractivity contribution >= 4 is 12.0 Å². The Morgan fingerprint density at radius 3 is 2.74 bits per heavy atom. The van der Waals surface area contributed by atoms with E-state index >= 15 is 0 Å². The first-order valence-electron chi connectivity index (χ1n) is 7.97. The minimum Gasteiger partial charge on any atom is -0.445 e. The number of ether oxygens (including phenoxy) is 1. The van der Waals surface area contributed by atoms with Crippen LogP contribution in [0.25, 0.3) is 0 Å². The van der Waals surface area contributed by atoms with Crippen molar-refractivity contribution < 1.29 is 14.3 Å². The highest BCUT2D eigenvalue weighted by Gasteiger charge is 2.31. The van der Waals surface area contributed by atoms with Crippen molar-refractivity contribution in [2.24, 2.45) is 5.73 Å². The number of benzene rings is 1. The summed E-state index contributed by atoms with van der Waals surface area (Å²) in [5.41, 5.74) is 6.63. The Morgan fingerprint density at radius 1 is 1.39 bits per heavy atom. The lowest BCUT2D eigenvalue weighted by atomic mass is 10.2. The SMILES string of the molecule is C[C@H](N)C(=O)N1CCC[C@H]1CN(C)C(=O)OCc1ccccc1. The van der Waals surface area contributed by atoms with Crippen molar-refractivity contribution in [3.05, 3.63) is 35.9 Å². The number of rotatable bonds is 5. The van der Waals surface area contributed by atoms with Gasteiger partial charge in [-0.25, -0.2) is 4.79 Å². The van der Waals surface area contributed by atoms with E-state index in [0.29, 0.717) is 13.1 Å². The molecule has 1 aromatic carbocycles. The Morgan fingerprint density at radius 2 is 2.09 bits per heavy atom. The Labute approximate surface area is 137 Å². The van der Waals surface area contributed by atoms with Crippen molar-refractivity contribution in [2.75, 3.05) is 20.1 Å². The smallest absolute Gasteiger partial charge is 0.409 e. The Bertz CT molecular complexity index is 533. The molecular formula is C17H25N3O3. The van der Waals surface area contributed by atoms with Crippen LogP contribution in [-0.2, 0) is 16.1 Å². The summed E-state index contributed by atoms with van der Waals surface area (Å²) < 4.78 is 5.30. The molecule has 0 saturated carbocycles. The third kappa shape index (κ3) is 4.69. The summed E-state index contributed by atoms with van der Waals surface area (Å²) in [6.07, 6.45) is 1.44. The van der Waals surface area contributed by atoms with Gasteiger partial charge in [-0.3, -0.25) is 4.79 Å². The van der Waals surface area contributed by atoms with Crippen LogP contribution in [0, 0.1) is 0 Å². The number of likely N-dealkylation sites (tertiary alicyclic amines) is 1. The van der Waals surface area contributed by atoms with Crippen LogP contribution in [-0.4, -0.2) is 54.0 Å². The van der Waals surface area contributed by atoms with Gasteiger partial charge in [-0.1, -0.05) is 30.3 Å². The molecule has 1 aromatic rings. The predicted octanol–water partition coefficient (Wildman–Crippen LogP) is 1.59. The van der Waals surface area contributed by atoms with Crippen LogP contribution in [0.1, 0.15) is 25.3 Å². The number of nitrogens with two attached hydrogens (primary N) is 1. The third-order valence-electron chi connectivity index (χ3n) is 4.05. The molecule has 0 aliphatic carbocycles. The molecule has 6 heteroatoms. The third-order valence-corrected chi connectivity index (χ3v) is 4.05. The van der Waals surface area contributed by atoms with Gasteiger partial charge in [0.05, 0.1) is 6.04 Å². The highest BCUT2D eigenvalue weighted by Crippen LogP contribution is 2.19. The summed E-state index contributed by atoms with van der Waals surface area (Å²) >= 11 is 0. The standard InChI is InChI=1S/C17H25N3O3/c1-13(18)16(21)20-10-6-9-15(20)11-19(2)17(22)23-12-14-7-4-3-5-8-14/h3-5,7-8,13,15H,6,9-12,18H2,1-2H3/t13-,15-/m0/s1. The maximum absolute atomic E-state index is 12.1. The molecule has 0 spiro atoms. The van der Waals surface area contributed by atoms with Gasteiger partial charge in [0, 0.05) is 26.2 Å². The fraction of sp³-hybridized carbons (Fsp3) is 0.529. The fourth-order valence-corrected chi connectivity index (χ4v) is 2.80. The first-order chi connectivity index (χ1) is 11.0. The fourth-order valence-electron chi connectivity index (χ4n) is 2.80. The molecule has 6 nitrogen and oxygen atoms in total. The molecule has 0 aromatic heterocycles. The molecule has 2 N–H and O–H groups in total. The lowest BCUT2D eigenvalue weighted by molar-refractivity contribution is -0.133. The minimum atomic E-state index is -0.508. The molecule has 1 aliphatic heterocycles. The van der Waals surface area contributed by atoms with E-state index in [1.807, 2.05) is 30.3 Å². The van der Waals surface area contributed by atoms with E-state index in [1.54, 1.807) is 18.9 Å². The van der Waals surface area contributed by atoms with E-state index in [2.05, 4.69) is 0 Å². The van der Waals surface area contributed by atoms with Gasteiger partial charge in [0.2, 0.25) is 5.91 Å². The summed E-state index contributed by atoms with van der Waals surface area (Å²) in [5, 5.41) is 0. The molecular weight excluding hydrogens is 294 g/mol. The molecule has 1 heterocycles. The molecule has 1 saturated heterocycles. The highest BCUT2D eigenvalue weighted by molar-refractivity contribution is 5.81. The van der Waals surface area contributed by atoms with Crippen LogP contribution in [0.3, 0.4) is 0 Å². The topological polar surface area (TPSA) is 75.9 Å². The van der Waals surface area contributed by atoms with Gasteiger partial charge in [-0.05, 0) is 25.3 Å². The van der Waals surface area contributed by atoms with E-state index < -0.39 is 6.04 Å². The molecule has 1 aliphatic rings. The van der Waals surface area contributed by atoms with E-state index in [9.17, 15) is 9.59 Å². The van der Waals surface area contributed by atoms with Crippen molar-refractivity contribution in [1.82, 2.24) is 9.80 Å². The number of likely N-dealkylation sites (N-methyl/N-ethyl adjacent to an activating group) is 1. The molecule has 0 bridgehead atoms. The van der Waals surface area contributed by atoms with Gasteiger partial charge in [0.25, 0.3) is 0 Å². The Kier molecular flexibility index (Phi) is 5.98. The number of carbonyl (C=O) groups is 2. The molecule has 23 heavy (non-hydrogen) atoms. The van der Waals surface area contributed by atoms with E-state index in [1.165, 1.54) is 4.90 Å². The number of hydrogen-bond donors (Lipinski definition) is 1. The van der Waals surface area contributed by atoms with E-state index in [0.717, 1.165) is 18.4 Å². The molecule has 1 fully saturated rings. The number of nitrogens with zero attached hydrogens (tertiary/aromatic N) is 2. The second-order valence-electron chi connectivity index (χ2n) is 6.04. The normalized spacial score (nSPS) is 18.6. The highest BCUT2D eigenvalue weighted by atomic mass is 16.6. The van der Waals surface area contributed by atoms with Crippen LogP contribution in [0.4, 0.5) is 4.79 Å².